The van der Waals surface area contributed by atoms with E-state index in [1.165, 1.54) is 5.56 Å². The van der Waals surface area contributed by atoms with Crippen LogP contribution >= 0.6 is 0 Å². The number of aliphatic hydroxyl groups is 1. The summed E-state index contributed by atoms with van der Waals surface area (Å²) in [6, 6.07) is 10.5. The molecule has 1 aliphatic rings. The Hall–Kier alpha value is -0.860. The van der Waals surface area contributed by atoms with Crippen LogP contribution in [-0.4, -0.2) is 23.8 Å². The van der Waals surface area contributed by atoms with Crippen LogP contribution in [0.1, 0.15) is 18.4 Å². The van der Waals surface area contributed by atoms with Gasteiger partial charge in [0.1, 0.15) is 0 Å². The van der Waals surface area contributed by atoms with Crippen LogP contribution < -0.4 is 5.32 Å². The highest BCUT2D eigenvalue weighted by Crippen LogP contribution is 2.23. The molecule has 1 aromatic rings. The predicted molar refractivity (Wildman–Crippen MR) is 52.7 cm³/mol. The molecule has 0 amide bonds. The summed E-state index contributed by atoms with van der Waals surface area (Å²) >= 11 is 0. The monoisotopic (exact) mass is 177 g/mol. The van der Waals surface area contributed by atoms with E-state index in [0.29, 0.717) is 6.04 Å². The Balaban J connectivity index is 2.07. The van der Waals surface area contributed by atoms with Crippen molar-refractivity contribution in [2.24, 2.45) is 0 Å². The predicted octanol–water partition coefficient (Wildman–Crippen LogP) is 1.12. The molecule has 3 atom stereocenters. The first-order valence-electron chi connectivity index (χ1n) is 4.75. The van der Waals surface area contributed by atoms with Crippen molar-refractivity contribution in [2.75, 3.05) is 6.54 Å². The zero-order valence-electron chi connectivity index (χ0n) is 7.77. The molecule has 0 aliphatic carbocycles. The van der Waals surface area contributed by atoms with Crippen molar-refractivity contribution in [2.45, 2.75) is 25.0 Å². The maximum atomic E-state index is 9.85. The molecule has 2 rings (SSSR count). The summed E-state index contributed by atoms with van der Waals surface area (Å²) < 4.78 is 0. The van der Waals surface area contributed by atoms with Crippen molar-refractivity contribution in [3.63, 3.8) is 0 Å². The summed E-state index contributed by atoms with van der Waals surface area (Å²) in [6.45, 7) is 3.03. The van der Waals surface area contributed by atoms with Crippen LogP contribution in [0.25, 0.3) is 0 Å². The molecule has 1 heterocycles. The molecule has 1 aliphatic heterocycles. The summed E-state index contributed by atoms with van der Waals surface area (Å²) in [5.41, 5.74) is 1.21. The third-order valence-electron chi connectivity index (χ3n) is 2.69. The lowest BCUT2D eigenvalue weighted by Gasteiger charge is -2.17. The standard InChI is InChI=1S/C11H15NO/c1-8(11(13)10-7-12-10)9-5-3-2-4-6-9/h2-6,8,10-13H,7H2,1H3. The Morgan fingerprint density at radius 2 is 2.00 bits per heavy atom. The van der Waals surface area contributed by atoms with Gasteiger partial charge in [0.05, 0.1) is 6.10 Å². The first-order valence-corrected chi connectivity index (χ1v) is 4.75. The van der Waals surface area contributed by atoms with Gasteiger partial charge in [-0.1, -0.05) is 37.3 Å². The van der Waals surface area contributed by atoms with Gasteiger partial charge in [-0.2, -0.15) is 0 Å². The molecule has 70 valence electrons. The molecule has 1 saturated heterocycles. The zero-order chi connectivity index (χ0) is 9.26. The second kappa shape index (κ2) is 3.48. The lowest BCUT2D eigenvalue weighted by Crippen LogP contribution is -2.23. The maximum absolute atomic E-state index is 9.85. The highest BCUT2D eigenvalue weighted by molar-refractivity contribution is 5.21. The van der Waals surface area contributed by atoms with E-state index in [1.807, 2.05) is 18.2 Å². The van der Waals surface area contributed by atoms with Crippen molar-refractivity contribution >= 4 is 0 Å². The van der Waals surface area contributed by atoms with Gasteiger partial charge in [-0.05, 0) is 5.56 Å². The van der Waals surface area contributed by atoms with Gasteiger partial charge in [-0.25, -0.2) is 0 Å². The molecule has 1 fully saturated rings. The number of benzene rings is 1. The van der Waals surface area contributed by atoms with E-state index >= 15 is 0 Å². The topological polar surface area (TPSA) is 42.2 Å². The minimum atomic E-state index is -0.248. The van der Waals surface area contributed by atoms with Crippen molar-refractivity contribution < 1.29 is 5.11 Å². The summed E-state index contributed by atoms with van der Waals surface area (Å²) in [5.74, 6) is 0.223. The van der Waals surface area contributed by atoms with Gasteiger partial charge < -0.3 is 10.4 Å². The van der Waals surface area contributed by atoms with E-state index in [4.69, 9.17) is 0 Å². The highest BCUT2D eigenvalue weighted by Gasteiger charge is 2.33. The van der Waals surface area contributed by atoms with Crippen molar-refractivity contribution in [1.29, 1.82) is 0 Å². The largest absolute Gasteiger partial charge is 0.391 e. The molecule has 1 aromatic carbocycles. The fraction of sp³-hybridized carbons (Fsp3) is 0.455. The Morgan fingerprint density at radius 1 is 1.38 bits per heavy atom. The number of hydrogen-bond donors (Lipinski definition) is 2. The lowest BCUT2D eigenvalue weighted by molar-refractivity contribution is 0.147. The highest BCUT2D eigenvalue weighted by atomic mass is 16.3. The molecule has 0 spiro atoms. The van der Waals surface area contributed by atoms with E-state index in [0.717, 1.165) is 6.54 Å². The first kappa shape index (κ1) is 8.73. The number of hydrogen-bond acceptors (Lipinski definition) is 2. The first-order chi connectivity index (χ1) is 6.29. The van der Waals surface area contributed by atoms with Gasteiger partial charge in [0.2, 0.25) is 0 Å². The van der Waals surface area contributed by atoms with Gasteiger partial charge in [0.25, 0.3) is 0 Å². The molecular formula is C11H15NO. The van der Waals surface area contributed by atoms with Gasteiger partial charge >= 0.3 is 0 Å². The van der Waals surface area contributed by atoms with Crippen LogP contribution in [0.4, 0.5) is 0 Å². The molecule has 0 saturated carbocycles. The Morgan fingerprint density at radius 3 is 2.54 bits per heavy atom. The molecule has 0 aromatic heterocycles. The molecule has 2 heteroatoms. The second-order valence-electron chi connectivity index (χ2n) is 3.70. The normalized spacial score (nSPS) is 25.2. The number of nitrogens with one attached hydrogen (secondary N) is 1. The molecule has 0 bridgehead atoms. The molecule has 2 N–H and O–H groups in total. The molecule has 0 radical (unpaired) electrons. The third-order valence-corrected chi connectivity index (χ3v) is 2.69. The fourth-order valence-corrected chi connectivity index (χ4v) is 1.61. The minimum Gasteiger partial charge on any atom is -0.391 e. The quantitative estimate of drug-likeness (QED) is 0.679. The summed E-state index contributed by atoms with van der Waals surface area (Å²) in [7, 11) is 0. The Labute approximate surface area is 78.6 Å². The van der Waals surface area contributed by atoms with Crippen molar-refractivity contribution in [1.82, 2.24) is 5.32 Å². The van der Waals surface area contributed by atoms with Gasteiger partial charge in [0.15, 0.2) is 0 Å². The van der Waals surface area contributed by atoms with Crippen LogP contribution in [0, 0.1) is 0 Å². The maximum Gasteiger partial charge on any atom is 0.0771 e. The average molecular weight is 177 g/mol. The second-order valence-corrected chi connectivity index (χ2v) is 3.70. The molecule has 2 nitrogen and oxygen atoms in total. The Kier molecular flexibility index (Phi) is 2.34. The summed E-state index contributed by atoms with van der Waals surface area (Å²) in [4.78, 5) is 0. The number of rotatable bonds is 3. The average Bonchev–Trinajstić information content (AvgIpc) is 3.00. The molecule has 13 heavy (non-hydrogen) atoms. The van der Waals surface area contributed by atoms with Crippen LogP contribution in [0.5, 0.6) is 0 Å². The van der Waals surface area contributed by atoms with Gasteiger partial charge in [-0.3, -0.25) is 0 Å². The van der Waals surface area contributed by atoms with E-state index in [1.54, 1.807) is 0 Å². The van der Waals surface area contributed by atoms with E-state index in [9.17, 15) is 5.11 Å². The van der Waals surface area contributed by atoms with Crippen LogP contribution in [0.15, 0.2) is 30.3 Å². The SMILES string of the molecule is CC(c1ccccc1)C(O)C1CN1. The van der Waals surface area contributed by atoms with Gasteiger partial charge in [-0.15, -0.1) is 0 Å². The van der Waals surface area contributed by atoms with Crippen molar-refractivity contribution in [3.8, 4) is 0 Å². The van der Waals surface area contributed by atoms with E-state index < -0.39 is 0 Å². The van der Waals surface area contributed by atoms with Crippen LogP contribution in [0.2, 0.25) is 0 Å². The summed E-state index contributed by atoms with van der Waals surface area (Å²) in [6.07, 6.45) is -0.248. The molecule has 3 unspecified atom stereocenters. The zero-order valence-corrected chi connectivity index (χ0v) is 7.77. The van der Waals surface area contributed by atoms with Crippen molar-refractivity contribution in [3.05, 3.63) is 35.9 Å². The smallest absolute Gasteiger partial charge is 0.0771 e. The third kappa shape index (κ3) is 1.90. The lowest BCUT2D eigenvalue weighted by atomic mass is 9.93. The fourth-order valence-electron chi connectivity index (χ4n) is 1.61. The van der Waals surface area contributed by atoms with Crippen LogP contribution in [0.3, 0.4) is 0 Å². The minimum absolute atomic E-state index is 0.223. The summed E-state index contributed by atoms with van der Waals surface area (Å²) in [5, 5.41) is 13.0. The van der Waals surface area contributed by atoms with E-state index in [-0.39, 0.29) is 12.0 Å². The Bertz CT molecular complexity index is 269. The molecular weight excluding hydrogens is 162 g/mol. The van der Waals surface area contributed by atoms with Crippen LogP contribution in [-0.2, 0) is 0 Å². The number of aliphatic hydroxyl groups excluding tert-OH is 1. The van der Waals surface area contributed by atoms with Gasteiger partial charge in [0, 0.05) is 18.5 Å². The van der Waals surface area contributed by atoms with E-state index in [2.05, 4.69) is 24.4 Å².